The zero-order valence-corrected chi connectivity index (χ0v) is 18.4. The van der Waals surface area contributed by atoms with Crippen LogP contribution in [0.25, 0.3) is 0 Å². The normalized spacial score (nSPS) is 21.9. The number of nitrogens with zero attached hydrogens (tertiary/aromatic N) is 1. The second-order valence-electron chi connectivity index (χ2n) is 8.36. The quantitative estimate of drug-likeness (QED) is 0.659. The summed E-state index contributed by atoms with van der Waals surface area (Å²) < 4.78 is 17.8. The Morgan fingerprint density at radius 1 is 1.10 bits per heavy atom. The van der Waals surface area contributed by atoms with E-state index in [1.54, 1.807) is 14.2 Å². The van der Waals surface area contributed by atoms with E-state index in [-0.39, 0.29) is 12.2 Å². The summed E-state index contributed by atoms with van der Waals surface area (Å²) >= 11 is 0. The van der Waals surface area contributed by atoms with Crippen molar-refractivity contribution in [1.29, 1.82) is 0 Å². The molecule has 1 fully saturated rings. The Bertz CT molecular complexity index is 865. The summed E-state index contributed by atoms with van der Waals surface area (Å²) in [6, 6.07) is 14.6. The highest BCUT2D eigenvalue weighted by Gasteiger charge is 2.36. The molecule has 0 saturated carbocycles. The molecule has 1 saturated heterocycles. The molecule has 0 unspecified atom stereocenters. The fourth-order valence-electron chi connectivity index (χ4n) is 4.97. The molecule has 2 aliphatic rings. The van der Waals surface area contributed by atoms with Gasteiger partial charge in [0, 0.05) is 25.1 Å². The predicted molar refractivity (Wildman–Crippen MR) is 119 cm³/mol. The highest BCUT2D eigenvalue weighted by Crippen LogP contribution is 2.43. The van der Waals surface area contributed by atoms with Crippen LogP contribution in [0.15, 0.2) is 42.5 Å². The number of hydrogen-bond donors (Lipinski definition) is 1. The van der Waals surface area contributed by atoms with Gasteiger partial charge >= 0.3 is 0 Å². The molecule has 2 aromatic carbocycles. The molecule has 0 radical (unpaired) electrons. The number of carbonyl (C=O) groups excluding carboxylic acids is 1. The van der Waals surface area contributed by atoms with Crippen LogP contribution in [-0.2, 0) is 22.5 Å². The predicted octanol–water partition coefficient (Wildman–Crippen LogP) is 3.34. The number of amides is 1. The summed E-state index contributed by atoms with van der Waals surface area (Å²) in [5.41, 5.74) is 3.58. The van der Waals surface area contributed by atoms with Crippen molar-refractivity contribution < 1.29 is 19.0 Å². The molecule has 1 amide bonds. The summed E-state index contributed by atoms with van der Waals surface area (Å²) in [5.74, 6) is 2.00. The van der Waals surface area contributed by atoms with Gasteiger partial charge in [0.15, 0.2) is 11.5 Å². The molecule has 0 spiro atoms. The lowest BCUT2D eigenvalue weighted by Gasteiger charge is -2.41. The zero-order valence-electron chi connectivity index (χ0n) is 18.4. The van der Waals surface area contributed by atoms with Gasteiger partial charge in [-0.2, -0.15) is 0 Å². The molecule has 0 aliphatic carbocycles. The van der Waals surface area contributed by atoms with E-state index in [0.29, 0.717) is 12.5 Å². The highest BCUT2D eigenvalue weighted by atomic mass is 16.5. The average molecular weight is 425 g/mol. The first-order chi connectivity index (χ1) is 15.2. The van der Waals surface area contributed by atoms with Crippen molar-refractivity contribution in [1.82, 2.24) is 10.2 Å². The van der Waals surface area contributed by atoms with Crippen molar-refractivity contribution in [3.63, 3.8) is 0 Å². The first-order valence-corrected chi connectivity index (χ1v) is 11.1. The Kier molecular flexibility index (Phi) is 7.10. The second-order valence-corrected chi connectivity index (χ2v) is 8.36. The molecule has 2 aliphatic heterocycles. The molecular formula is C25H32N2O4. The van der Waals surface area contributed by atoms with Gasteiger partial charge in [0.2, 0.25) is 6.41 Å². The van der Waals surface area contributed by atoms with Crippen LogP contribution in [0.4, 0.5) is 0 Å². The molecular weight excluding hydrogens is 392 g/mol. The number of benzene rings is 2. The monoisotopic (exact) mass is 424 g/mol. The third kappa shape index (κ3) is 4.86. The third-order valence-corrected chi connectivity index (χ3v) is 6.57. The zero-order chi connectivity index (χ0) is 21.6. The van der Waals surface area contributed by atoms with Crippen LogP contribution in [0.1, 0.15) is 35.6 Å². The molecule has 31 heavy (non-hydrogen) atoms. The van der Waals surface area contributed by atoms with Gasteiger partial charge in [-0.3, -0.25) is 9.69 Å². The standard InChI is InChI=1S/C25H32N2O4/c1-29-22-9-8-20-21(25(22)30-2)14-23(31-24(20)15-26-17-28)19-10-12-27(13-11-19)16-18-6-4-3-5-7-18/h3-9,17,19,23-24H,10-16H2,1-2H3,(H,26,28)/t23-,24-/m1/s1. The van der Waals surface area contributed by atoms with Crippen LogP contribution >= 0.6 is 0 Å². The Balaban J connectivity index is 1.48. The molecule has 0 bridgehead atoms. The van der Waals surface area contributed by atoms with Crippen LogP contribution in [0, 0.1) is 5.92 Å². The lowest BCUT2D eigenvalue weighted by atomic mass is 9.83. The molecule has 166 valence electrons. The van der Waals surface area contributed by atoms with Gasteiger partial charge in [-0.05, 0) is 49.0 Å². The Morgan fingerprint density at radius 3 is 2.55 bits per heavy atom. The number of hydrogen-bond acceptors (Lipinski definition) is 5. The van der Waals surface area contributed by atoms with Crippen LogP contribution in [-0.4, -0.2) is 51.3 Å². The van der Waals surface area contributed by atoms with Gasteiger partial charge in [0.05, 0.1) is 20.3 Å². The van der Waals surface area contributed by atoms with Gasteiger partial charge in [-0.15, -0.1) is 0 Å². The van der Waals surface area contributed by atoms with E-state index in [1.807, 2.05) is 12.1 Å². The lowest BCUT2D eigenvalue weighted by Crippen LogP contribution is -2.42. The number of rotatable bonds is 8. The van der Waals surface area contributed by atoms with Crippen LogP contribution in [0.3, 0.4) is 0 Å². The maximum atomic E-state index is 10.9. The van der Waals surface area contributed by atoms with E-state index in [2.05, 4.69) is 40.5 Å². The summed E-state index contributed by atoms with van der Waals surface area (Å²) in [4.78, 5) is 13.5. The maximum absolute atomic E-state index is 10.9. The van der Waals surface area contributed by atoms with Crippen LogP contribution < -0.4 is 14.8 Å². The average Bonchev–Trinajstić information content (AvgIpc) is 2.82. The van der Waals surface area contributed by atoms with Crippen molar-refractivity contribution in [2.75, 3.05) is 33.9 Å². The van der Waals surface area contributed by atoms with E-state index >= 15 is 0 Å². The lowest BCUT2D eigenvalue weighted by molar-refractivity contribution is -0.111. The maximum Gasteiger partial charge on any atom is 0.207 e. The molecule has 2 heterocycles. The van der Waals surface area contributed by atoms with Crippen molar-refractivity contribution >= 4 is 6.41 Å². The summed E-state index contributed by atoms with van der Waals surface area (Å²) in [5, 5.41) is 2.80. The third-order valence-electron chi connectivity index (χ3n) is 6.57. The van der Waals surface area contributed by atoms with Gasteiger partial charge in [-0.25, -0.2) is 0 Å². The van der Waals surface area contributed by atoms with Crippen molar-refractivity contribution in [2.45, 2.75) is 38.0 Å². The molecule has 1 N–H and O–H groups in total. The Morgan fingerprint density at radius 2 is 1.87 bits per heavy atom. The van der Waals surface area contributed by atoms with E-state index in [9.17, 15) is 4.79 Å². The first-order valence-electron chi connectivity index (χ1n) is 11.1. The summed E-state index contributed by atoms with van der Waals surface area (Å²) in [7, 11) is 3.35. The molecule has 2 aromatic rings. The smallest absolute Gasteiger partial charge is 0.207 e. The molecule has 2 atom stereocenters. The fraction of sp³-hybridized carbons (Fsp3) is 0.480. The number of fused-ring (bicyclic) bond motifs is 1. The number of ether oxygens (including phenoxy) is 3. The van der Waals surface area contributed by atoms with Gasteiger partial charge in [0.25, 0.3) is 0 Å². The molecule has 0 aromatic heterocycles. The second kappa shape index (κ2) is 10.2. The largest absolute Gasteiger partial charge is 0.493 e. The number of piperidine rings is 1. The fourth-order valence-corrected chi connectivity index (χ4v) is 4.97. The van der Waals surface area contributed by atoms with E-state index in [4.69, 9.17) is 14.2 Å². The van der Waals surface area contributed by atoms with E-state index in [0.717, 1.165) is 67.9 Å². The number of methoxy groups -OCH3 is 2. The van der Waals surface area contributed by atoms with Gasteiger partial charge in [-0.1, -0.05) is 36.4 Å². The Labute approximate surface area is 184 Å². The molecule has 6 nitrogen and oxygen atoms in total. The van der Waals surface area contributed by atoms with Crippen molar-refractivity contribution in [3.05, 3.63) is 59.2 Å². The minimum atomic E-state index is -0.180. The molecule has 6 heteroatoms. The van der Waals surface area contributed by atoms with Crippen LogP contribution in [0.2, 0.25) is 0 Å². The van der Waals surface area contributed by atoms with Crippen molar-refractivity contribution in [3.8, 4) is 11.5 Å². The Hall–Kier alpha value is -2.57. The summed E-state index contributed by atoms with van der Waals surface area (Å²) in [6.07, 6.45) is 3.67. The van der Waals surface area contributed by atoms with E-state index in [1.165, 1.54) is 5.56 Å². The minimum absolute atomic E-state index is 0.103. The highest BCUT2D eigenvalue weighted by molar-refractivity contribution is 5.53. The topological polar surface area (TPSA) is 60.0 Å². The SMILES string of the molecule is COc1ccc2c(c1OC)C[C@H](C1CCN(Cc3ccccc3)CC1)O[C@@H]2CNC=O. The van der Waals surface area contributed by atoms with Crippen molar-refractivity contribution in [2.24, 2.45) is 5.92 Å². The van der Waals surface area contributed by atoms with Gasteiger partial charge < -0.3 is 19.5 Å². The number of carbonyl (C=O) groups is 1. The first kappa shape index (κ1) is 21.7. The van der Waals surface area contributed by atoms with Crippen LogP contribution in [0.5, 0.6) is 11.5 Å². The number of likely N-dealkylation sites (tertiary alicyclic amines) is 1. The van der Waals surface area contributed by atoms with E-state index < -0.39 is 0 Å². The minimum Gasteiger partial charge on any atom is -0.493 e. The number of nitrogens with one attached hydrogen (secondary N) is 1. The molecule has 4 rings (SSSR count). The van der Waals surface area contributed by atoms with Gasteiger partial charge in [0.1, 0.15) is 6.10 Å². The summed E-state index contributed by atoms with van der Waals surface area (Å²) in [6.45, 7) is 3.59.